The molecule has 18 heavy (non-hydrogen) atoms. The van der Waals surface area contributed by atoms with Crippen LogP contribution in [0.25, 0.3) is 32.7 Å². The summed E-state index contributed by atoms with van der Waals surface area (Å²) in [4.78, 5) is 4.52. The Kier molecular flexibility index (Phi) is 1.78. The van der Waals surface area contributed by atoms with Gasteiger partial charge in [0.1, 0.15) is 0 Å². The minimum Gasteiger partial charge on any atom is -0.342 e. The average molecular weight is 232 g/mol. The van der Waals surface area contributed by atoms with Crippen LogP contribution in [0.5, 0.6) is 0 Å². The summed E-state index contributed by atoms with van der Waals surface area (Å²) in [5.41, 5.74) is 3.53. The van der Waals surface area contributed by atoms with Gasteiger partial charge in [0.2, 0.25) is 0 Å². The first kappa shape index (κ1) is 9.66. The van der Waals surface area contributed by atoms with Crippen molar-refractivity contribution in [3.63, 3.8) is 0 Å². The molecular weight excluding hydrogens is 220 g/mol. The van der Waals surface area contributed by atoms with Crippen LogP contribution in [0.1, 0.15) is 0 Å². The Bertz CT molecular complexity index is 887. The van der Waals surface area contributed by atoms with Gasteiger partial charge in [0, 0.05) is 24.0 Å². The van der Waals surface area contributed by atoms with E-state index in [0.717, 1.165) is 5.52 Å². The molecule has 0 radical (unpaired) electrons. The molecule has 2 heteroatoms. The number of fused-ring (bicyclic) bond motifs is 5. The zero-order chi connectivity index (χ0) is 12.1. The van der Waals surface area contributed by atoms with Gasteiger partial charge in [0.25, 0.3) is 0 Å². The lowest BCUT2D eigenvalue weighted by Gasteiger charge is -2.02. The number of aromatic nitrogens is 2. The maximum Gasteiger partial charge on any atom is 0.0959 e. The summed E-state index contributed by atoms with van der Waals surface area (Å²) < 4.78 is 2.24. The van der Waals surface area contributed by atoms with E-state index in [1.54, 1.807) is 0 Å². The van der Waals surface area contributed by atoms with Gasteiger partial charge < -0.3 is 4.57 Å². The Morgan fingerprint density at radius 1 is 0.889 bits per heavy atom. The van der Waals surface area contributed by atoms with Crippen molar-refractivity contribution in [3.8, 4) is 0 Å². The number of aryl methyl sites for hydroxylation is 1. The quantitative estimate of drug-likeness (QED) is 0.450. The van der Waals surface area contributed by atoms with E-state index < -0.39 is 0 Å². The summed E-state index contributed by atoms with van der Waals surface area (Å²) >= 11 is 0. The highest BCUT2D eigenvalue weighted by Crippen LogP contribution is 2.31. The van der Waals surface area contributed by atoms with Crippen LogP contribution in [-0.4, -0.2) is 9.55 Å². The Hall–Kier alpha value is -2.35. The van der Waals surface area contributed by atoms with E-state index in [-0.39, 0.29) is 0 Å². The van der Waals surface area contributed by atoms with E-state index in [9.17, 15) is 0 Å². The number of hydrogen-bond donors (Lipinski definition) is 0. The summed E-state index contributed by atoms with van der Waals surface area (Å²) in [5.74, 6) is 0. The van der Waals surface area contributed by atoms with Crippen LogP contribution in [0, 0.1) is 0 Å². The highest BCUT2D eigenvalue weighted by atomic mass is 15.0. The molecule has 0 amide bonds. The molecule has 2 aromatic heterocycles. The molecule has 0 saturated carbocycles. The SMILES string of the molecule is Cn1c2cccnc2c2ccc3ccccc3c21. The number of benzene rings is 2. The number of nitrogens with zero attached hydrogens (tertiary/aromatic N) is 2. The molecule has 0 fully saturated rings. The van der Waals surface area contributed by atoms with Crippen molar-refractivity contribution >= 4 is 32.7 Å². The summed E-state index contributed by atoms with van der Waals surface area (Å²) in [6.07, 6.45) is 1.86. The largest absolute Gasteiger partial charge is 0.342 e. The van der Waals surface area contributed by atoms with E-state index in [2.05, 4.69) is 59.1 Å². The van der Waals surface area contributed by atoms with Gasteiger partial charge in [-0.15, -0.1) is 0 Å². The number of rotatable bonds is 0. The van der Waals surface area contributed by atoms with Gasteiger partial charge in [-0.3, -0.25) is 4.98 Å². The lowest BCUT2D eigenvalue weighted by molar-refractivity contribution is 1.02. The molecular formula is C16H12N2. The van der Waals surface area contributed by atoms with Gasteiger partial charge in [-0.2, -0.15) is 0 Å². The van der Waals surface area contributed by atoms with E-state index in [0.29, 0.717) is 0 Å². The van der Waals surface area contributed by atoms with E-state index in [1.165, 1.54) is 27.2 Å². The molecule has 86 valence electrons. The smallest absolute Gasteiger partial charge is 0.0959 e. The van der Waals surface area contributed by atoms with Crippen LogP contribution in [0.3, 0.4) is 0 Å². The predicted molar refractivity (Wildman–Crippen MR) is 75.7 cm³/mol. The summed E-state index contributed by atoms with van der Waals surface area (Å²) in [7, 11) is 2.11. The Morgan fingerprint density at radius 3 is 2.72 bits per heavy atom. The molecule has 4 rings (SSSR count). The number of hydrogen-bond acceptors (Lipinski definition) is 1. The second-order valence-electron chi connectivity index (χ2n) is 4.61. The topological polar surface area (TPSA) is 17.8 Å². The van der Waals surface area contributed by atoms with Crippen LogP contribution in [0.4, 0.5) is 0 Å². The summed E-state index contributed by atoms with van der Waals surface area (Å²) in [6, 6.07) is 17.0. The number of pyridine rings is 1. The fourth-order valence-electron chi connectivity index (χ4n) is 2.80. The molecule has 0 bridgehead atoms. The fourth-order valence-corrected chi connectivity index (χ4v) is 2.80. The lowest BCUT2D eigenvalue weighted by Crippen LogP contribution is -1.87. The first-order valence-corrected chi connectivity index (χ1v) is 6.07. The first-order valence-electron chi connectivity index (χ1n) is 6.07. The monoisotopic (exact) mass is 232 g/mol. The van der Waals surface area contributed by atoms with E-state index in [4.69, 9.17) is 0 Å². The average Bonchev–Trinajstić information content (AvgIpc) is 2.73. The molecule has 4 aromatic rings. The van der Waals surface area contributed by atoms with Crippen molar-refractivity contribution in [3.05, 3.63) is 54.7 Å². The lowest BCUT2D eigenvalue weighted by atomic mass is 10.1. The minimum atomic E-state index is 1.08. The van der Waals surface area contributed by atoms with Crippen molar-refractivity contribution in [1.29, 1.82) is 0 Å². The van der Waals surface area contributed by atoms with Crippen LogP contribution >= 0.6 is 0 Å². The third-order valence-electron chi connectivity index (χ3n) is 3.64. The van der Waals surface area contributed by atoms with Crippen molar-refractivity contribution in [2.24, 2.45) is 7.05 Å². The molecule has 0 atom stereocenters. The molecule has 2 heterocycles. The third-order valence-corrected chi connectivity index (χ3v) is 3.64. The van der Waals surface area contributed by atoms with Crippen LogP contribution < -0.4 is 0 Å². The maximum atomic E-state index is 4.52. The highest BCUT2D eigenvalue weighted by molar-refractivity contribution is 6.16. The first-order chi connectivity index (χ1) is 8.86. The molecule has 0 aliphatic rings. The molecule has 0 aliphatic carbocycles. The van der Waals surface area contributed by atoms with E-state index >= 15 is 0 Å². The van der Waals surface area contributed by atoms with Crippen LogP contribution in [0.2, 0.25) is 0 Å². The molecule has 0 aliphatic heterocycles. The summed E-state index contributed by atoms with van der Waals surface area (Å²) in [5, 5.41) is 3.79. The van der Waals surface area contributed by atoms with Crippen molar-refractivity contribution < 1.29 is 0 Å². The molecule has 2 nitrogen and oxygen atoms in total. The molecule has 0 saturated heterocycles. The van der Waals surface area contributed by atoms with Gasteiger partial charge in [-0.05, 0) is 23.6 Å². The van der Waals surface area contributed by atoms with Gasteiger partial charge in [-0.1, -0.05) is 30.3 Å². The van der Waals surface area contributed by atoms with Gasteiger partial charge in [-0.25, -0.2) is 0 Å². The van der Waals surface area contributed by atoms with E-state index in [1.807, 2.05) is 12.3 Å². The predicted octanol–water partition coefficient (Wildman–Crippen LogP) is 3.88. The van der Waals surface area contributed by atoms with Crippen LogP contribution in [0.15, 0.2) is 54.7 Å². The third kappa shape index (κ3) is 1.10. The zero-order valence-electron chi connectivity index (χ0n) is 10.1. The Balaban J connectivity index is 2.39. The van der Waals surface area contributed by atoms with Crippen molar-refractivity contribution in [2.45, 2.75) is 0 Å². The molecule has 2 aromatic carbocycles. The van der Waals surface area contributed by atoms with Gasteiger partial charge in [0.05, 0.1) is 16.6 Å². The Labute approximate surface area is 104 Å². The van der Waals surface area contributed by atoms with Crippen molar-refractivity contribution in [2.75, 3.05) is 0 Å². The second kappa shape index (κ2) is 3.33. The van der Waals surface area contributed by atoms with Crippen LogP contribution in [-0.2, 0) is 7.05 Å². The Morgan fingerprint density at radius 2 is 1.78 bits per heavy atom. The summed E-state index contributed by atoms with van der Waals surface area (Å²) in [6.45, 7) is 0. The van der Waals surface area contributed by atoms with Gasteiger partial charge >= 0.3 is 0 Å². The normalized spacial score (nSPS) is 11.6. The molecule has 0 unspecified atom stereocenters. The molecule has 0 N–H and O–H groups in total. The fraction of sp³-hybridized carbons (Fsp3) is 0.0625. The second-order valence-corrected chi connectivity index (χ2v) is 4.61. The standard InChI is InChI=1S/C16H12N2/c1-18-14-7-4-10-17-15(14)13-9-8-11-5-2-3-6-12(11)16(13)18/h2-10H,1H3. The molecule has 0 spiro atoms. The maximum absolute atomic E-state index is 4.52. The minimum absolute atomic E-state index is 1.08. The highest BCUT2D eigenvalue weighted by Gasteiger charge is 2.10. The van der Waals surface area contributed by atoms with Gasteiger partial charge in [0.15, 0.2) is 0 Å². The van der Waals surface area contributed by atoms with Crippen molar-refractivity contribution in [1.82, 2.24) is 9.55 Å². The zero-order valence-corrected chi connectivity index (χ0v) is 10.1.